The summed E-state index contributed by atoms with van der Waals surface area (Å²) in [5.41, 5.74) is 0.767. The van der Waals surface area contributed by atoms with Crippen molar-refractivity contribution in [1.82, 2.24) is 15.5 Å². The highest BCUT2D eigenvalue weighted by Crippen LogP contribution is 2.27. The van der Waals surface area contributed by atoms with Crippen molar-refractivity contribution in [2.75, 3.05) is 0 Å². The standard InChI is InChI=1S/C16H18ClN3O2/c17-13-7-3-6-12(9-13)16-19-14(20-22-16)10-18-15(21)8-11-4-1-2-5-11/h3,6-7,9,11H,1-2,4-5,8,10H2,(H,18,21). The van der Waals surface area contributed by atoms with Gasteiger partial charge in [-0.1, -0.05) is 35.7 Å². The predicted molar refractivity (Wildman–Crippen MR) is 83.2 cm³/mol. The topological polar surface area (TPSA) is 68.0 Å². The Morgan fingerprint density at radius 1 is 1.36 bits per heavy atom. The summed E-state index contributed by atoms with van der Waals surface area (Å²) in [5, 5.41) is 7.35. The van der Waals surface area contributed by atoms with Crippen LogP contribution in [0.1, 0.15) is 37.9 Å². The molecule has 3 rings (SSSR count). The van der Waals surface area contributed by atoms with E-state index in [1.807, 2.05) is 12.1 Å². The largest absolute Gasteiger partial charge is 0.349 e. The maximum atomic E-state index is 11.9. The Bertz CT molecular complexity index is 650. The van der Waals surface area contributed by atoms with Crippen molar-refractivity contribution >= 4 is 17.5 Å². The number of aromatic nitrogens is 2. The molecular weight excluding hydrogens is 302 g/mol. The second-order valence-electron chi connectivity index (χ2n) is 5.66. The smallest absolute Gasteiger partial charge is 0.258 e. The second kappa shape index (κ2) is 6.92. The number of halogens is 1. The lowest BCUT2D eigenvalue weighted by Gasteiger charge is -2.07. The Hall–Kier alpha value is -1.88. The van der Waals surface area contributed by atoms with Gasteiger partial charge < -0.3 is 9.84 Å². The van der Waals surface area contributed by atoms with Gasteiger partial charge in [0.15, 0.2) is 5.82 Å². The minimum atomic E-state index is 0.0565. The molecule has 2 aromatic rings. The molecule has 1 amide bonds. The van der Waals surface area contributed by atoms with Crippen LogP contribution in [0, 0.1) is 5.92 Å². The van der Waals surface area contributed by atoms with Crippen LogP contribution in [0.2, 0.25) is 5.02 Å². The number of carbonyl (C=O) groups is 1. The number of nitrogens with one attached hydrogen (secondary N) is 1. The maximum absolute atomic E-state index is 11.9. The van der Waals surface area contributed by atoms with E-state index >= 15 is 0 Å². The van der Waals surface area contributed by atoms with E-state index in [-0.39, 0.29) is 12.5 Å². The molecule has 0 aliphatic heterocycles. The summed E-state index contributed by atoms with van der Waals surface area (Å²) in [7, 11) is 0. The molecular formula is C16H18ClN3O2. The van der Waals surface area contributed by atoms with Gasteiger partial charge in [-0.3, -0.25) is 4.79 Å². The van der Waals surface area contributed by atoms with Crippen molar-refractivity contribution < 1.29 is 9.32 Å². The lowest BCUT2D eigenvalue weighted by Crippen LogP contribution is -2.25. The van der Waals surface area contributed by atoms with Crippen molar-refractivity contribution in [3.8, 4) is 11.5 Å². The minimum Gasteiger partial charge on any atom is -0.349 e. The van der Waals surface area contributed by atoms with E-state index in [1.165, 1.54) is 12.8 Å². The zero-order valence-electron chi connectivity index (χ0n) is 12.2. The lowest BCUT2D eigenvalue weighted by molar-refractivity contribution is -0.122. The van der Waals surface area contributed by atoms with E-state index in [0.717, 1.165) is 18.4 Å². The van der Waals surface area contributed by atoms with Crippen molar-refractivity contribution in [3.05, 3.63) is 35.1 Å². The van der Waals surface area contributed by atoms with Crippen LogP contribution in [0.4, 0.5) is 0 Å². The first-order valence-corrected chi connectivity index (χ1v) is 7.94. The third-order valence-electron chi connectivity index (χ3n) is 3.93. The zero-order chi connectivity index (χ0) is 15.4. The van der Waals surface area contributed by atoms with E-state index in [4.69, 9.17) is 16.1 Å². The number of benzene rings is 1. The van der Waals surface area contributed by atoms with E-state index in [1.54, 1.807) is 12.1 Å². The summed E-state index contributed by atoms with van der Waals surface area (Å²) in [4.78, 5) is 16.2. The molecule has 116 valence electrons. The van der Waals surface area contributed by atoms with Gasteiger partial charge in [0.1, 0.15) is 0 Å². The molecule has 1 aliphatic carbocycles. The summed E-state index contributed by atoms with van der Waals surface area (Å²) in [6, 6.07) is 7.22. The van der Waals surface area contributed by atoms with Crippen LogP contribution in [0.25, 0.3) is 11.5 Å². The van der Waals surface area contributed by atoms with Crippen LogP contribution >= 0.6 is 11.6 Å². The molecule has 0 bridgehead atoms. The van der Waals surface area contributed by atoms with E-state index in [9.17, 15) is 4.79 Å². The third-order valence-corrected chi connectivity index (χ3v) is 4.17. The highest BCUT2D eigenvalue weighted by Gasteiger charge is 2.18. The Morgan fingerprint density at radius 2 is 2.18 bits per heavy atom. The van der Waals surface area contributed by atoms with Gasteiger partial charge >= 0.3 is 0 Å². The molecule has 1 heterocycles. The number of nitrogens with zero attached hydrogens (tertiary/aromatic N) is 2. The first kappa shape index (κ1) is 15.0. The minimum absolute atomic E-state index is 0.0565. The number of amides is 1. The monoisotopic (exact) mass is 319 g/mol. The van der Waals surface area contributed by atoms with Crippen molar-refractivity contribution in [2.45, 2.75) is 38.6 Å². The van der Waals surface area contributed by atoms with Crippen molar-refractivity contribution in [3.63, 3.8) is 0 Å². The highest BCUT2D eigenvalue weighted by atomic mass is 35.5. The van der Waals surface area contributed by atoms with Gasteiger partial charge in [-0.05, 0) is 37.0 Å². The molecule has 0 saturated heterocycles. The number of hydrogen-bond donors (Lipinski definition) is 1. The second-order valence-corrected chi connectivity index (χ2v) is 6.09. The molecule has 1 aromatic heterocycles. The van der Waals surface area contributed by atoms with Gasteiger partial charge in [-0.25, -0.2) is 0 Å². The fraction of sp³-hybridized carbons (Fsp3) is 0.438. The summed E-state index contributed by atoms with van der Waals surface area (Å²) in [5.74, 6) is 1.46. The Morgan fingerprint density at radius 3 is 2.95 bits per heavy atom. The Balaban J connectivity index is 1.54. The van der Waals surface area contributed by atoms with Gasteiger partial charge in [0.05, 0.1) is 6.54 Å². The molecule has 6 heteroatoms. The van der Waals surface area contributed by atoms with E-state index in [0.29, 0.717) is 29.1 Å². The average molecular weight is 320 g/mol. The molecule has 1 aromatic carbocycles. The third kappa shape index (κ3) is 3.85. The van der Waals surface area contributed by atoms with Crippen LogP contribution in [0.3, 0.4) is 0 Å². The molecule has 1 fully saturated rings. The van der Waals surface area contributed by atoms with Gasteiger partial charge in [-0.15, -0.1) is 0 Å². The van der Waals surface area contributed by atoms with E-state index < -0.39 is 0 Å². The predicted octanol–water partition coefficient (Wildman–Crippen LogP) is 3.59. The molecule has 5 nitrogen and oxygen atoms in total. The van der Waals surface area contributed by atoms with Crippen LogP contribution in [0.15, 0.2) is 28.8 Å². The first-order valence-electron chi connectivity index (χ1n) is 7.56. The molecule has 0 atom stereocenters. The van der Waals surface area contributed by atoms with Crippen molar-refractivity contribution in [1.29, 1.82) is 0 Å². The maximum Gasteiger partial charge on any atom is 0.258 e. The number of rotatable bonds is 5. The molecule has 1 aliphatic rings. The van der Waals surface area contributed by atoms with Crippen LogP contribution in [0.5, 0.6) is 0 Å². The Kier molecular flexibility index (Phi) is 4.73. The Labute approximate surface area is 134 Å². The first-order chi connectivity index (χ1) is 10.7. The van der Waals surface area contributed by atoms with E-state index in [2.05, 4.69) is 15.5 Å². The van der Waals surface area contributed by atoms with Gasteiger partial charge in [0, 0.05) is 17.0 Å². The number of hydrogen-bond acceptors (Lipinski definition) is 4. The summed E-state index contributed by atoms with van der Waals surface area (Å²) in [6.07, 6.45) is 5.40. The molecule has 22 heavy (non-hydrogen) atoms. The van der Waals surface area contributed by atoms with Gasteiger partial charge in [0.25, 0.3) is 5.89 Å². The average Bonchev–Trinajstić information content (AvgIpc) is 3.16. The SMILES string of the molecule is O=C(CC1CCCC1)NCc1noc(-c2cccc(Cl)c2)n1. The van der Waals surface area contributed by atoms with Gasteiger partial charge in [0.2, 0.25) is 5.91 Å². The molecule has 1 N–H and O–H groups in total. The molecule has 1 saturated carbocycles. The summed E-state index contributed by atoms with van der Waals surface area (Å²) in [6.45, 7) is 0.287. The van der Waals surface area contributed by atoms with Crippen LogP contribution in [-0.4, -0.2) is 16.0 Å². The molecule has 0 spiro atoms. The molecule has 0 unspecified atom stereocenters. The van der Waals surface area contributed by atoms with Crippen molar-refractivity contribution in [2.24, 2.45) is 5.92 Å². The normalized spacial score (nSPS) is 15.1. The zero-order valence-corrected chi connectivity index (χ0v) is 13.0. The fourth-order valence-corrected chi connectivity index (χ4v) is 2.98. The van der Waals surface area contributed by atoms with Crippen LogP contribution in [-0.2, 0) is 11.3 Å². The quantitative estimate of drug-likeness (QED) is 0.914. The fourth-order valence-electron chi connectivity index (χ4n) is 2.79. The number of carbonyl (C=O) groups excluding carboxylic acids is 1. The lowest BCUT2D eigenvalue weighted by atomic mass is 10.0. The van der Waals surface area contributed by atoms with Crippen LogP contribution < -0.4 is 5.32 Å². The van der Waals surface area contributed by atoms with Gasteiger partial charge in [-0.2, -0.15) is 4.98 Å². The summed E-state index contributed by atoms with van der Waals surface area (Å²) < 4.78 is 5.20. The highest BCUT2D eigenvalue weighted by molar-refractivity contribution is 6.30. The summed E-state index contributed by atoms with van der Waals surface area (Å²) >= 11 is 5.94. The molecule has 0 radical (unpaired) electrons.